The molecule has 0 bridgehead atoms. The van der Waals surface area contributed by atoms with Crippen molar-refractivity contribution in [2.45, 2.75) is 52.2 Å². The van der Waals surface area contributed by atoms with Crippen molar-refractivity contribution in [3.05, 3.63) is 29.3 Å². The van der Waals surface area contributed by atoms with Crippen LogP contribution in [-0.2, 0) is 13.1 Å². The van der Waals surface area contributed by atoms with Crippen molar-refractivity contribution in [1.82, 2.24) is 10.2 Å². The summed E-state index contributed by atoms with van der Waals surface area (Å²) in [5, 5.41) is 3.22. The van der Waals surface area contributed by atoms with Crippen molar-refractivity contribution in [2.75, 3.05) is 20.7 Å². The van der Waals surface area contributed by atoms with Crippen LogP contribution in [0.4, 0.5) is 0 Å². The molecule has 21 heavy (non-hydrogen) atoms. The molecule has 1 fully saturated rings. The van der Waals surface area contributed by atoms with E-state index in [1.165, 1.54) is 36.9 Å². The van der Waals surface area contributed by atoms with E-state index < -0.39 is 0 Å². The fourth-order valence-electron chi connectivity index (χ4n) is 2.74. The second-order valence-corrected chi connectivity index (χ2v) is 6.56. The molecular weight excluding hydrogens is 260 g/mol. The summed E-state index contributed by atoms with van der Waals surface area (Å²) in [6.45, 7) is 7.73. The van der Waals surface area contributed by atoms with Crippen LogP contribution in [0.2, 0.25) is 0 Å². The molecule has 3 heteroatoms. The summed E-state index contributed by atoms with van der Waals surface area (Å²) >= 11 is 0. The van der Waals surface area contributed by atoms with Crippen molar-refractivity contribution in [1.29, 1.82) is 0 Å². The Morgan fingerprint density at radius 2 is 2.10 bits per heavy atom. The van der Waals surface area contributed by atoms with Gasteiger partial charge in [0, 0.05) is 24.7 Å². The average molecular weight is 290 g/mol. The number of rotatable bonds is 9. The van der Waals surface area contributed by atoms with Crippen LogP contribution in [0.3, 0.4) is 0 Å². The van der Waals surface area contributed by atoms with Crippen LogP contribution < -0.4 is 10.1 Å². The minimum absolute atomic E-state index is 0.767. The highest BCUT2D eigenvalue weighted by molar-refractivity contribution is 5.37. The van der Waals surface area contributed by atoms with Crippen molar-refractivity contribution < 1.29 is 4.74 Å². The molecule has 1 N–H and O–H groups in total. The predicted octanol–water partition coefficient (Wildman–Crippen LogP) is 3.43. The monoisotopic (exact) mass is 290 g/mol. The number of methoxy groups -OCH3 is 1. The van der Waals surface area contributed by atoms with Gasteiger partial charge in [0.1, 0.15) is 5.75 Å². The first kappa shape index (κ1) is 16.3. The summed E-state index contributed by atoms with van der Waals surface area (Å²) in [7, 11) is 3.76. The number of hydrogen-bond acceptors (Lipinski definition) is 3. The van der Waals surface area contributed by atoms with E-state index in [2.05, 4.69) is 42.3 Å². The van der Waals surface area contributed by atoms with Gasteiger partial charge in [-0.15, -0.1) is 0 Å². The van der Waals surface area contributed by atoms with Crippen LogP contribution in [0.5, 0.6) is 5.75 Å². The Bertz CT molecular complexity index is 441. The molecule has 0 radical (unpaired) electrons. The highest BCUT2D eigenvalue weighted by Gasteiger charge is 2.29. The van der Waals surface area contributed by atoms with Gasteiger partial charge in [-0.25, -0.2) is 0 Å². The van der Waals surface area contributed by atoms with Crippen molar-refractivity contribution >= 4 is 0 Å². The van der Waals surface area contributed by atoms with Crippen LogP contribution in [0.1, 0.15) is 44.2 Å². The molecule has 0 unspecified atom stereocenters. The summed E-state index contributed by atoms with van der Waals surface area (Å²) in [5.41, 5.74) is 2.65. The quantitative estimate of drug-likeness (QED) is 0.754. The lowest BCUT2D eigenvalue weighted by Gasteiger charge is -2.24. The van der Waals surface area contributed by atoms with Gasteiger partial charge in [0.2, 0.25) is 0 Å². The molecule has 0 aliphatic heterocycles. The van der Waals surface area contributed by atoms with Gasteiger partial charge in [0.05, 0.1) is 7.11 Å². The Balaban J connectivity index is 2.08. The van der Waals surface area contributed by atoms with Gasteiger partial charge in [-0.3, -0.25) is 4.90 Å². The standard InChI is InChI=1S/C18H30N2O/c1-14(2)9-10-20(17-6-7-17)13-16-11-15(12-19-3)5-8-18(16)21-4/h5,8,11,14,17,19H,6-7,9-10,12-13H2,1-4H3. The SMILES string of the molecule is CNCc1ccc(OC)c(CN(CCC(C)C)C2CC2)c1. The van der Waals surface area contributed by atoms with Crippen molar-refractivity contribution in [3.8, 4) is 5.75 Å². The molecule has 0 amide bonds. The minimum atomic E-state index is 0.767. The Labute approximate surface area is 129 Å². The van der Waals surface area contributed by atoms with Crippen LogP contribution in [0, 0.1) is 5.92 Å². The fraction of sp³-hybridized carbons (Fsp3) is 0.667. The number of ether oxygens (including phenoxy) is 1. The van der Waals surface area contributed by atoms with E-state index in [1.54, 1.807) is 7.11 Å². The molecule has 0 aromatic heterocycles. The van der Waals surface area contributed by atoms with Crippen LogP contribution >= 0.6 is 0 Å². The third-order valence-corrected chi connectivity index (χ3v) is 4.16. The first-order valence-corrected chi connectivity index (χ1v) is 8.18. The zero-order valence-corrected chi connectivity index (χ0v) is 14.0. The maximum Gasteiger partial charge on any atom is 0.123 e. The first-order valence-electron chi connectivity index (χ1n) is 8.18. The van der Waals surface area contributed by atoms with Gasteiger partial charge in [-0.1, -0.05) is 19.9 Å². The van der Waals surface area contributed by atoms with E-state index in [0.717, 1.165) is 30.8 Å². The highest BCUT2D eigenvalue weighted by atomic mass is 16.5. The van der Waals surface area contributed by atoms with Gasteiger partial charge in [0.15, 0.2) is 0 Å². The Morgan fingerprint density at radius 1 is 1.33 bits per heavy atom. The largest absolute Gasteiger partial charge is 0.496 e. The van der Waals surface area contributed by atoms with Gasteiger partial charge < -0.3 is 10.1 Å². The fourth-order valence-corrected chi connectivity index (χ4v) is 2.74. The van der Waals surface area contributed by atoms with Crippen molar-refractivity contribution in [3.63, 3.8) is 0 Å². The second-order valence-electron chi connectivity index (χ2n) is 6.56. The Hall–Kier alpha value is -1.06. The number of nitrogens with zero attached hydrogens (tertiary/aromatic N) is 1. The summed E-state index contributed by atoms with van der Waals surface area (Å²) in [4.78, 5) is 2.64. The highest BCUT2D eigenvalue weighted by Crippen LogP contribution is 2.31. The molecule has 1 aromatic rings. The minimum Gasteiger partial charge on any atom is -0.496 e. The van der Waals surface area contributed by atoms with E-state index in [0.29, 0.717) is 0 Å². The lowest BCUT2D eigenvalue weighted by atomic mass is 10.1. The van der Waals surface area contributed by atoms with Crippen LogP contribution in [-0.4, -0.2) is 31.6 Å². The molecule has 1 saturated carbocycles. The third-order valence-electron chi connectivity index (χ3n) is 4.16. The van der Waals surface area contributed by atoms with Gasteiger partial charge in [-0.2, -0.15) is 0 Å². The summed E-state index contributed by atoms with van der Waals surface area (Å²) in [6.07, 6.45) is 3.99. The smallest absolute Gasteiger partial charge is 0.123 e. The maximum absolute atomic E-state index is 5.56. The van der Waals surface area contributed by atoms with Gasteiger partial charge in [-0.05, 0) is 56.5 Å². The maximum atomic E-state index is 5.56. The molecule has 2 rings (SSSR count). The third kappa shape index (κ3) is 5.01. The molecular formula is C18H30N2O. The summed E-state index contributed by atoms with van der Waals surface area (Å²) < 4.78 is 5.56. The lowest BCUT2D eigenvalue weighted by Crippen LogP contribution is -2.27. The van der Waals surface area contributed by atoms with E-state index in [4.69, 9.17) is 4.74 Å². The molecule has 3 nitrogen and oxygen atoms in total. The van der Waals surface area contributed by atoms with Crippen LogP contribution in [0.25, 0.3) is 0 Å². The summed E-state index contributed by atoms with van der Waals surface area (Å²) in [6, 6.07) is 7.34. The number of benzene rings is 1. The summed E-state index contributed by atoms with van der Waals surface area (Å²) in [5.74, 6) is 1.79. The Morgan fingerprint density at radius 3 is 2.67 bits per heavy atom. The van der Waals surface area contributed by atoms with Gasteiger partial charge in [0.25, 0.3) is 0 Å². The molecule has 0 spiro atoms. The first-order chi connectivity index (χ1) is 10.1. The normalized spacial score (nSPS) is 15.0. The predicted molar refractivity (Wildman–Crippen MR) is 88.6 cm³/mol. The molecule has 1 aliphatic rings. The molecule has 0 heterocycles. The Kier molecular flexibility index (Phi) is 6.07. The van der Waals surface area contributed by atoms with E-state index in [1.807, 2.05) is 7.05 Å². The van der Waals surface area contributed by atoms with E-state index in [9.17, 15) is 0 Å². The average Bonchev–Trinajstić information content (AvgIpc) is 3.28. The number of nitrogens with one attached hydrogen (secondary N) is 1. The molecule has 0 saturated heterocycles. The topological polar surface area (TPSA) is 24.5 Å². The van der Waals surface area contributed by atoms with E-state index >= 15 is 0 Å². The van der Waals surface area contributed by atoms with Crippen molar-refractivity contribution in [2.24, 2.45) is 5.92 Å². The lowest BCUT2D eigenvalue weighted by molar-refractivity contribution is 0.236. The van der Waals surface area contributed by atoms with E-state index in [-0.39, 0.29) is 0 Å². The number of hydrogen-bond donors (Lipinski definition) is 1. The van der Waals surface area contributed by atoms with Gasteiger partial charge >= 0.3 is 0 Å². The molecule has 1 aliphatic carbocycles. The van der Waals surface area contributed by atoms with Crippen LogP contribution in [0.15, 0.2) is 18.2 Å². The zero-order chi connectivity index (χ0) is 15.2. The zero-order valence-electron chi connectivity index (χ0n) is 14.0. The molecule has 118 valence electrons. The molecule has 0 atom stereocenters. The molecule has 1 aromatic carbocycles. The second kappa shape index (κ2) is 7.81.